The maximum absolute atomic E-state index is 12.1. The standard InChI is InChI=1S/C15H14N2O3/c1-16-10-6-8-11(9-7-10)17-14(18)12-4-2-3-5-13(12)15(19)20/h2-9,16H,1H3,(H,17,18)(H,19,20). The predicted molar refractivity (Wildman–Crippen MR) is 77.3 cm³/mol. The second kappa shape index (κ2) is 5.88. The van der Waals surface area contributed by atoms with Crippen LogP contribution in [0, 0.1) is 0 Å². The summed E-state index contributed by atoms with van der Waals surface area (Å²) >= 11 is 0. The number of aromatic carboxylic acids is 1. The van der Waals surface area contributed by atoms with Crippen LogP contribution in [0.1, 0.15) is 20.7 Å². The van der Waals surface area contributed by atoms with E-state index in [0.29, 0.717) is 5.69 Å². The SMILES string of the molecule is CNc1ccc(NC(=O)c2ccccc2C(=O)O)cc1. The highest BCUT2D eigenvalue weighted by Gasteiger charge is 2.15. The monoisotopic (exact) mass is 270 g/mol. The molecule has 0 radical (unpaired) electrons. The van der Waals surface area contributed by atoms with Gasteiger partial charge in [-0.3, -0.25) is 4.79 Å². The Balaban J connectivity index is 2.21. The number of hydrogen-bond donors (Lipinski definition) is 3. The number of anilines is 2. The van der Waals surface area contributed by atoms with Gasteiger partial charge in [0.25, 0.3) is 5.91 Å². The smallest absolute Gasteiger partial charge is 0.336 e. The zero-order chi connectivity index (χ0) is 14.5. The summed E-state index contributed by atoms with van der Waals surface area (Å²) in [4.78, 5) is 23.2. The van der Waals surface area contributed by atoms with E-state index < -0.39 is 11.9 Å². The Kier molecular flexibility index (Phi) is 4.00. The van der Waals surface area contributed by atoms with Gasteiger partial charge in [0.2, 0.25) is 0 Å². The van der Waals surface area contributed by atoms with Gasteiger partial charge in [0.1, 0.15) is 0 Å². The van der Waals surface area contributed by atoms with Gasteiger partial charge >= 0.3 is 5.97 Å². The van der Waals surface area contributed by atoms with Crippen LogP contribution in [-0.2, 0) is 0 Å². The third-order valence-electron chi connectivity index (χ3n) is 2.83. The largest absolute Gasteiger partial charge is 0.478 e. The van der Waals surface area contributed by atoms with E-state index in [4.69, 9.17) is 5.11 Å². The van der Waals surface area contributed by atoms with Crippen molar-refractivity contribution in [3.05, 3.63) is 59.7 Å². The van der Waals surface area contributed by atoms with Crippen molar-refractivity contribution >= 4 is 23.3 Å². The zero-order valence-corrected chi connectivity index (χ0v) is 10.9. The summed E-state index contributed by atoms with van der Waals surface area (Å²) in [6.45, 7) is 0. The Bertz CT molecular complexity index is 636. The summed E-state index contributed by atoms with van der Waals surface area (Å²) in [5.41, 5.74) is 1.65. The molecule has 0 aromatic heterocycles. The number of nitrogens with one attached hydrogen (secondary N) is 2. The summed E-state index contributed by atoms with van der Waals surface area (Å²) in [5, 5.41) is 14.7. The van der Waals surface area contributed by atoms with Crippen LogP contribution in [-0.4, -0.2) is 24.0 Å². The number of carboxylic acids is 1. The van der Waals surface area contributed by atoms with Crippen molar-refractivity contribution in [1.82, 2.24) is 0 Å². The molecule has 3 N–H and O–H groups in total. The van der Waals surface area contributed by atoms with E-state index in [1.165, 1.54) is 12.1 Å². The Morgan fingerprint density at radius 2 is 1.45 bits per heavy atom. The normalized spacial score (nSPS) is 9.85. The molecule has 0 aliphatic rings. The van der Waals surface area contributed by atoms with Crippen molar-refractivity contribution in [3.63, 3.8) is 0 Å². The summed E-state index contributed by atoms with van der Waals surface area (Å²) < 4.78 is 0. The molecule has 0 bridgehead atoms. The molecule has 0 heterocycles. The van der Waals surface area contributed by atoms with Crippen LogP contribution in [0.25, 0.3) is 0 Å². The molecule has 2 aromatic rings. The topological polar surface area (TPSA) is 78.4 Å². The van der Waals surface area contributed by atoms with Crippen molar-refractivity contribution in [2.45, 2.75) is 0 Å². The Hall–Kier alpha value is -2.82. The molecule has 20 heavy (non-hydrogen) atoms. The van der Waals surface area contributed by atoms with E-state index in [9.17, 15) is 9.59 Å². The van der Waals surface area contributed by atoms with Crippen molar-refractivity contribution in [3.8, 4) is 0 Å². The van der Waals surface area contributed by atoms with Crippen LogP contribution in [0.2, 0.25) is 0 Å². The number of carboxylic acid groups (broad SMARTS) is 1. The fourth-order valence-electron chi connectivity index (χ4n) is 1.79. The number of hydrogen-bond acceptors (Lipinski definition) is 3. The Morgan fingerprint density at radius 3 is 2.00 bits per heavy atom. The molecular formula is C15H14N2O3. The lowest BCUT2D eigenvalue weighted by atomic mass is 10.1. The van der Waals surface area contributed by atoms with Gasteiger partial charge in [0, 0.05) is 18.4 Å². The molecule has 5 nitrogen and oxygen atoms in total. The molecule has 0 fully saturated rings. The van der Waals surface area contributed by atoms with Gasteiger partial charge in [-0.05, 0) is 36.4 Å². The quantitative estimate of drug-likeness (QED) is 0.798. The molecule has 5 heteroatoms. The molecule has 1 amide bonds. The number of carbonyl (C=O) groups is 2. The average molecular weight is 270 g/mol. The lowest BCUT2D eigenvalue weighted by Gasteiger charge is -2.08. The highest BCUT2D eigenvalue weighted by atomic mass is 16.4. The van der Waals surface area contributed by atoms with Crippen LogP contribution in [0.5, 0.6) is 0 Å². The van der Waals surface area contributed by atoms with Crippen molar-refractivity contribution < 1.29 is 14.7 Å². The molecule has 0 saturated heterocycles. The summed E-state index contributed by atoms with van der Waals surface area (Å²) in [5.74, 6) is -1.57. The van der Waals surface area contributed by atoms with Gasteiger partial charge in [-0.15, -0.1) is 0 Å². The first kappa shape index (κ1) is 13.6. The zero-order valence-electron chi connectivity index (χ0n) is 10.9. The van der Waals surface area contributed by atoms with Crippen LogP contribution in [0.4, 0.5) is 11.4 Å². The maximum Gasteiger partial charge on any atom is 0.336 e. The predicted octanol–water partition coefficient (Wildman–Crippen LogP) is 2.68. The summed E-state index contributed by atoms with van der Waals surface area (Å²) in [6.07, 6.45) is 0. The summed E-state index contributed by atoms with van der Waals surface area (Å²) in [6, 6.07) is 13.2. The van der Waals surface area contributed by atoms with E-state index in [1.807, 2.05) is 12.1 Å². The molecular weight excluding hydrogens is 256 g/mol. The van der Waals surface area contributed by atoms with Crippen molar-refractivity contribution in [2.24, 2.45) is 0 Å². The molecule has 2 aromatic carbocycles. The second-order valence-corrected chi connectivity index (χ2v) is 4.13. The van der Waals surface area contributed by atoms with E-state index in [-0.39, 0.29) is 11.1 Å². The van der Waals surface area contributed by atoms with Gasteiger partial charge in [-0.1, -0.05) is 12.1 Å². The summed E-state index contributed by atoms with van der Waals surface area (Å²) in [7, 11) is 1.80. The van der Waals surface area contributed by atoms with Crippen LogP contribution in [0.15, 0.2) is 48.5 Å². The van der Waals surface area contributed by atoms with E-state index in [0.717, 1.165) is 5.69 Å². The molecule has 0 unspecified atom stereocenters. The minimum Gasteiger partial charge on any atom is -0.478 e. The second-order valence-electron chi connectivity index (χ2n) is 4.13. The van der Waals surface area contributed by atoms with Gasteiger partial charge in [-0.2, -0.15) is 0 Å². The minimum atomic E-state index is -1.12. The highest BCUT2D eigenvalue weighted by molar-refractivity contribution is 6.10. The fourth-order valence-corrected chi connectivity index (χ4v) is 1.79. The molecule has 102 valence electrons. The Morgan fingerprint density at radius 1 is 0.900 bits per heavy atom. The highest BCUT2D eigenvalue weighted by Crippen LogP contribution is 2.15. The van der Waals surface area contributed by atoms with E-state index >= 15 is 0 Å². The number of rotatable bonds is 4. The molecule has 0 atom stereocenters. The van der Waals surface area contributed by atoms with Gasteiger partial charge < -0.3 is 15.7 Å². The van der Waals surface area contributed by atoms with Crippen molar-refractivity contribution in [1.29, 1.82) is 0 Å². The van der Waals surface area contributed by atoms with Crippen LogP contribution < -0.4 is 10.6 Å². The lowest BCUT2D eigenvalue weighted by molar-refractivity contribution is 0.0692. The number of carbonyl (C=O) groups excluding carboxylic acids is 1. The van der Waals surface area contributed by atoms with E-state index in [1.54, 1.807) is 31.3 Å². The average Bonchev–Trinajstić information content (AvgIpc) is 2.48. The van der Waals surface area contributed by atoms with Gasteiger partial charge in [0.15, 0.2) is 0 Å². The first-order chi connectivity index (χ1) is 9.61. The lowest BCUT2D eigenvalue weighted by Crippen LogP contribution is -2.16. The molecule has 2 rings (SSSR count). The van der Waals surface area contributed by atoms with Gasteiger partial charge in [-0.25, -0.2) is 4.79 Å². The third-order valence-corrected chi connectivity index (χ3v) is 2.83. The molecule has 0 aliphatic carbocycles. The first-order valence-corrected chi connectivity index (χ1v) is 6.03. The van der Waals surface area contributed by atoms with Gasteiger partial charge in [0.05, 0.1) is 11.1 Å². The number of amides is 1. The van der Waals surface area contributed by atoms with Crippen LogP contribution >= 0.6 is 0 Å². The number of benzene rings is 2. The molecule has 0 aliphatic heterocycles. The molecule has 0 spiro atoms. The first-order valence-electron chi connectivity index (χ1n) is 6.03. The van der Waals surface area contributed by atoms with Crippen LogP contribution in [0.3, 0.4) is 0 Å². The minimum absolute atomic E-state index is 0.0168. The molecule has 0 saturated carbocycles. The Labute approximate surface area is 116 Å². The van der Waals surface area contributed by atoms with Crippen molar-refractivity contribution in [2.75, 3.05) is 17.7 Å². The third kappa shape index (κ3) is 2.95. The fraction of sp³-hybridized carbons (Fsp3) is 0.0667. The van der Waals surface area contributed by atoms with E-state index in [2.05, 4.69) is 10.6 Å². The maximum atomic E-state index is 12.1.